The van der Waals surface area contributed by atoms with E-state index in [1.807, 2.05) is 0 Å². The molecule has 0 spiro atoms. The minimum Gasteiger partial charge on any atom is -0.380 e. The van der Waals surface area contributed by atoms with Crippen LogP contribution in [-0.4, -0.2) is 44.7 Å². The van der Waals surface area contributed by atoms with E-state index in [4.69, 9.17) is 18.9 Å². The van der Waals surface area contributed by atoms with E-state index in [1.54, 1.807) is 0 Å². The molecular weight excluding hydrogens is 460 g/mol. The first-order chi connectivity index (χ1) is 17.7. The van der Waals surface area contributed by atoms with Crippen LogP contribution < -0.4 is 0 Å². The molecule has 2 aromatic rings. The van der Waals surface area contributed by atoms with E-state index in [-0.39, 0.29) is 17.1 Å². The lowest BCUT2D eigenvalue weighted by Gasteiger charge is -2.43. The maximum absolute atomic E-state index is 6.35. The standard InChI is InChI=1S/C33H48O4/c1-7-32(20-34-21-32)17-25(3)26(4)36-19-28-11-15-30(16-12-28)29-13-9-27(10-14-29)18-31(5,6)37-24-33(8-2)22-35-23-33/h9-16,25-26H,7-8,17-24H2,1-6H3. The van der Waals surface area contributed by atoms with Gasteiger partial charge in [-0.3, -0.25) is 0 Å². The van der Waals surface area contributed by atoms with Gasteiger partial charge in [0.15, 0.2) is 0 Å². The summed E-state index contributed by atoms with van der Waals surface area (Å²) in [5, 5.41) is 0. The molecule has 0 bridgehead atoms. The molecule has 204 valence electrons. The minimum atomic E-state index is -0.196. The third-order valence-corrected chi connectivity index (χ3v) is 8.84. The van der Waals surface area contributed by atoms with E-state index in [0.717, 1.165) is 45.9 Å². The van der Waals surface area contributed by atoms with Crippen LogP contribution in [0.25, 0.3) is 11.1 Å². The first-order valence-electron chi connectivity index (χ1n) is 14.3. The van der Waals surface area contributed by atoms with Crippen LogP contribution in [0, 0.1) is 16.7 Å². The van der Waals surface area contributed by atoms with Crippen molar-refractivity contribution in [1.82, 2.24) is 0 Å². The van der Waals surface area contributed by atoms with Gasteiger partial charge in [-0.05, 0) is 68.2 Å². The Labute approximate surface area is 225 Å². The summed E-state index contributed by atoms with van der Waals surface area (Å²) >= 11 is 0. The van der Waals surface area contributed by atoms with Gasteiger partial charge < -0.3 is 18.9 Å². The number of ether oxygens (including phenoxy) is 4. The molecule has 2 aromatic carbocycles. The van der Waals surface area contributed by atoms with Crippen molar-refractivity contribution in [2.75, 3.05) is 33.0 Å². The minimum absolute atomic E-state index is 0.196. The summed E-state index contributed by atoms with van der Waals surface area (Å²) in [6.07, 6.45) is 4.60. The fourth-order valence-corrected chi connectivity index (χ4v) is 5.38. The predicted octanol–water partition coefficient (Wildman–Crippen LogP) is 7.48. The molecule has 2 atom stereocenters. The summed E-state index contributed by atoms with van der Waals surface area (Å²) in [7, 11) is 0. The quantitative estimate of drug-likeness (QED) is 0.265. The van der Waals surface area contributed by atoms with Crippen molar-refractivity contribution >= 4 is 0 Å². The van der Waals surface area contributed by atoms with Crippen LogP contribution in [0.5, 0.6) is 0 Å². The molecule has 4 nitrogen and oxygen atoms in total. The molecule has 37 heavy (non-hydrogen) atoms. The van der Waals surface area contributed by atoms with Gasteiger partial charge in [-0.1, -0.05) is 69.3 Å². The van der Waals surface area contributed by atoms with Gasteiger partial charge in [0.2, 0.25) is 0 Å². The van der Waals surface area contributed by atoms with E-state index < -0.39 is 0 Å². The molecule has 4 rings (SSSR count). The highest BCUT2D eigenvalue weighted by Gasteiger charge is 2.39. The summed E-state index contributed by atoms with van der Waals surface area (Å²) in [5.41, 5.74) is 5.39. The maximum Gasteiger partial charge on any atom is 0.0720 e. The second-order valence-corrected chi connectivity index (χ2v) is 12.5. The number of hydrogen-bond donors (Lipinski definition) is 0. The molecule has 2 heterocycles. The molecule has 2 aliphatic rings. The molecule has 0 radical (unpaired) electrons. The molecule has 0 aliphatic carbocycles. The van der Waals surface area contributed by atoms with E-state index >= 15 is 0 Å². The van der Waals surface area contributed by atoms with Gasteiger partial charge >= 0.3 is 0 Å². The average molecular weight is 509 g/mol. The Bertz CT molecular complexity index is 959. The van der Waals surface area contributed by atoms with Gasteiger partial charge in [0.1, 0.15) is 0 Å². The van der Waals surface area contributed by atoms with E-state index in [2.05, 4.69) is 90.1 Å². The van der Waals surface area contributed by atoms with Gasteiger partial charge in [0.25, 0.3) is 0 Å². The van der Waals surface area contributed by atoms with Gasteiger partial charge in [-0.2, -0.15) is 0 Å². The molecular formula is C33H48O4. The maximum atomic E-state index is 6.35. The SMILES string of the molecule is CCC1(COC(C)(C)Cc2ccc(-c3ccc(COC(C)C(C)CC4(CC)COC4)cc3)cc2)COC1. The van der Waals surface area contributed by atoms with Gasteiger partial charge in [-0.15, -0.1) is 0 Å². The number of hydrogen-bond acceptors (Lipinski definition) is 4. The molecule has 2 fully saturated rings. The zero-order chi connectivity index (χ0) is 26.5. The van der Waals surface area contributed by atoms with Crippen LogP contribution in [0.1, 0.15) is 71.9 Å². The third-order valence-electron chi connectivity index (χ3n) is 8.84. The molecule has 0 N–H and O–H groups in total. The topological polar surface area (TPSA) is 36.9 Å². The average Bonchev–Trinajstić information content (AvgIpc) is 2.85. The first-order valence-corrected chi connectivity index (χ1v) is 14.3. The predicted molar refractivity (Wildman–Crippen MR) is 151 cm³/mol. The van der Waals surface area contributed by atoms with Gasteiger partial charge in [0, 0.05) is 17.3 Å². The molecule has 0 saturated carbocycles. The highest BCUT2D eigenvalue weighted by atomic mass is 16.5. The third kappa shape index (κ3) is 7.23. The molecule has 4 heteroatoms. The molecule has 2 aliphatic heterocycles. The Hall–Kier alpha value is -1.72. The first kappa shape index (κ1) is 28.3. The summed E-state index contributed by atoms with van der Waals surface area (Å²) in [6.45, 7) is 18.3. The van der Waals surface area contributed by atoms with Crippen LogP contribution in [0.3, 0.4) is 0 Å². The fraction of sp³-hybridized carbons (Fsp3) is 0.636. The van der Waals surface area contributed by atoms with Crippen molar-refractivity contribution in [2.45, 2.75) is 85.5 Å². The Morgan fingerprint density at radius 2 is 1.30 bits per heavy atom. The normalized spacial score (nSPS) is 20.1. The monoisotopic (exact) mass is 508 g/mol. The molecule has 0 amide bonds. The Kier molecular flexibility index (Phi) is 9.17. The fourth-order valence-electron chi connectivity index (χ4n) is 5.38. The van der Waals surface area contributed by atoms with E-state index in [0.29, 0.717) is 17.9 Å². The van der Waals surface area contributed by atoms with Crippen molar-refractivity contribution in [3.8, 4) is 11.1 Å². The van der Waals surface area contributed by atoms with Crippen LogP contribution >= 0.6 is 0 Å². The zero-order valence-corrected chi connectivity index (χ0v) is 24.0. The second-order valence-electron chi connectivity index (χ2n) is 12.5. The van der Waals surface area contributed by atoms with Crippen molar-refractivity contribution in [1.29, 1.82) is 0 Å². The van der Waals surface area contributed by atoms with Crippen LogP contribution in [0.15, 0.2) is 48.5 Å². The van der Waals surface area contributed by atoms with Crippen molar-refractivity contribution < 1.29 is 18.9 Å². The van der Waals surface area contributed by atoms with Gasteiger partial charge in [0.05, 0.1) is 51.3 Å². The summed E-state index contributed by atoms with van der Waals surface area (Å²) < 4.78 is 23.5. The summed E-state index contributed by atoms with van der Waals surface area (Å²) in [6, 6.07) is 17.7. The Morgan fingerprint density at radius 1 is 0.784 bits per heavy atom. The summed E-state index contributed by atoms with van der Waals surface area (Å²) in [4.78, 5) is 0. The largest absolute Gasteiger partial charge is 0.380 e. The van der Waals surface area contributed by atoms with Crippen LogP contribution in [-0.2, 0) is 32.0 Å². The van der Waals surface area contributed by atoms with Crippen molar-refractivity contribution in [3.63, 3.8) is 0 Å². The summed E-state index contributed by atoms with van der Waals surface area (Å²) in [5.74, 6) is 0.525. The highest BCUT2D eigenvalue weighted by molar-refractivity contribution is 5.64. The lowest BCUT2D eigenvalue weighted by Crippen LogP contribution is -2.47. The number of benzene rings is 2. The smallest absolute Gasteiger partial charge is 0.0720 e. The van der Waals surface area contributed by atoms with E-state index in [1.165, 1.54) is 35.1 Å². The zero-order valence-electron chi connectivity index (χ0n) is 24.0. The second kappa shape index (κ2) is 12.0. The van der Waals surface area contributed by atoms with Crippen LogP contribution in [0.4, 0.5) is 0 Å². The molecule has 0 aromatic heterocycles. The van der Waals surface area contributed by atoms with Crippen molar-refractivity contribution in [2.24, 2.45) is 16.7 Å². The number of rotatable bonds is 14. The molecule has 2 unspecified atom stereocenters. The van der Waals surface area contributed by atoms with Crippen molar-refractivity contribution in [3.05, 3.63) is 59.7 Å². The lowest BCUT2D eigenvalue weighted by atomic mass is 9.75. The molecule has 2 saturated heterocycles. The lowest BCUT2D eigenvalue weighted by molar-refractivity contribution is -0.174. The Morgan fingerprint density at radius 3 is 1.76 bits per heavy atom. The Balaban J connectivity index is 1.25. The highest BCUT2D eigenvalue weighted by Crippen LogP contribution is 2.39. The van der Waals surface area contributed by atoms with E-state index in [9.17, 15) is 0 Å². The van der Waals surface area contributed by atoms with Crippen LogP contribution in [0.2, 0.25) is 0 Å². The van der Waals surface area contributed by atoms with Gasteiger partial charge in [-0.25, -0.2) is 0 Å².